The van der Waals surface area contributed by atoms with E-state index in [4.69, 9.17) is 9.47 Å². The number of aliphatic hydroxyl groups is 1. The van der Waals surface area contributed by atoms with Gasteiger partial charge in [0.05, 0.1) is 19.6 Å². The predicted molar refractivity (Wildman–Crippen MR) is 102 cm³/mol. The van der Waals surface area contributed by atoms with E-state index in [2.05, 4.69) is 10.3 Å². The molecule has 1 atom stereocenters. The maximum Gasteiger partial charge on any atom is 0.425 e. The van der Waals surface area contributed by atoms with Crippen molar-refractivity contribution in [3.05, 3.63) is 36.4 Å². The van der Waals surface area contributed by atoms with Gasteiger partial charge in [-0.05, 0) is 37.8 Å². The van der Waals surface area contributed by atoms with Gasteiger partial charge in [-0.1, -0.05) is 0 Å². The summed E-state index contributed by atoms with van der Waals surface area (Å²) in [6.07, 6.45) is 0.0130. The van der Waals surface area contributed by atoms with Gasteiger partial charge in [-0.3, -0.25) is 4.79 Å². The average Bonchev–Trinajstić information content (AvgIpc) is 3.32. The quantitative estimate of drug-likeness (QED) is 0.706. The smallest absolute Gasteiger partial charge is 0.425 e. The summed E-state index contributed by atoms with van der Waals surface area (Å²) < 4.78 is 53.1. The summed E-state index contributed by atoms with van der Waals surface area (Å²) in [7, 11) is 2.79. The summed E-state index contributed by atoms with van der Waals surface area (Å²) in [5.41, 5.74) is -3.19. The van der Waals surface area contributed by atoms with E-state index >= 15 is 0 Å². The third kappa shape index (κ3) is 4.53. The lowest BCUT2D eigenvalue weighted by Crippen LogP contribution is -2.46. The van der Waals surface area contributed by atoms with Gasteiger partial charge in [0.2, 0.25) is 11.5 Å². The lowest BCUT2D eigenvalue weighted by Gasteiger charge is -2.29. The highest BCUT2D eigenvalue weighted by Crippen LogP contribution is 2.41. The van der Waals surface area contributed by atoms with Gasteiger partial charge in [-0.15, -0.1) is 0 Å². The van der Waals surface area contributed by atoms with E-state index in [-0.39, 0.29) is 11.8 Å². The zero-order valence-electron chi connectivity index (χ0n) is 16.7. The van der Waals surface area contributed by atoms with Crippen molar-refractivity contribution >= 4 is 11.6 Å². The third-order valence-electron chi connectivity index (χ3n) is 5.12. The van der Waals surface area contributed by atoms with Crippen LogP contribution in [0.4, 0.5) is 18.9 Å². The second kappa shape index (κ2) is 8.55. The fourth-order valence-electron chi connectivity index (χ4n) is 3.54. The number of amides is 1. The lowest BCUT2D eigenvalue weighted by molar-refractivity contribution is -0.270. The van der Waals surface area contributed by atoms with Crippen LogP contribution in [0.1, 0.15) is 37.9 Å². The second-order valence-electron chi connectivity index (χ2n) is 7.33. The zero-order chi connectivity index (χ0) is 21.9. The van der Waals surface area contributed by atoms with Gasteiger partial charge >= 0.3 is 6.18 Å². The Kier molecular flexibility index (Phi) is 6.25. The normalized spacial score (nSPS) is 16.9. The first-order chi connectivity index (χ1) is 14.1. The van der Waals surface area contributed by atoms with Gasteiger partial charge in [-0.2, -0.15) is 13.2 Å². The maximum absolute atomic E-state index is 13.6. The molecule has 1 heterocycles. The molecule has 0 bridgehead atoms. The number of ether oxygens (including phenoxy) is 2. The van der Waals surface area contributed by atoms with Gasteiger partial charge in [0.1, 0.15) is 0 Å². The number of methoxy groups -OCH3 is 1. The maximum atomic E-state index is 13.6. The Morgan fingerprint density at radius 1 is 1.30 bits per heavy atom. The van der Waals surface area contributed by atoms with E-state index in [1.165, 1.54) is 32.5 Å². The average molecular weight is 427 g/mol. The van der Waals surface area contributed by atoms with Crippen LogP contribution in [0.15, 0.2) is 30.6 Å². The molecule has 3 rings (SSSR count). The Hall–Kier alpha value is -2.75. The number of nitrogens with one attached hydrogen (secondary N) is 1. The van der Waals surface area contributed by atoms with E-state index in [1.54, 1.807) is 6.07 Å². The Morgan fingerprint density at radius 2 is 2.00 bits per heavy atom. The van der Waals surface area contributed by atoms with E-state index in [9.17, 15) is 23.1 Å². The molecular formula is C20H24F3N3O4. The zero-order valence-corrected chi connectivity index (χ0v) is 16.7. The molecule has 2 N–H and O–H groups in total. The summed E-state index contributed by atoms with van der Waals surface area (Å²) in [5, 5.41) is 12.7. The first-order valence-electron chi connectivity index (χ1n) is 9.55. The topological polar surface area (TPSA) is 85.6 Å². The molecule has 1 aliphatic rings. The summed E-state index contributed by atoms with van der Waals surface area (Å²) in [6.45, 7) is 0. The number of nitrogens with zero attached hydrogens (tertiary/aromatic N) is 2. The van der Waals surface area contributed by atoms with Crippen molar-refractivity contribution in [1.29, 1.82) is 0 Å². The number of halogens is 3. The number of hydrogen-bond acceptors (Lipinski definition) is 5. The molecular weight excluding hydrogens is 403 g/mol. The van der Waals surface area contributed by atoms with Crippen LogP contribution >= 0.6 is 0 Å². The van der Waals surface area contributed by atoms with Crippen molar-refractivity contribution in [2.75, 3.05) is 12.4 Å². The highest BCUT2D eigenvalue weighted by Gasteiger charge is 2.58. The Balaban J connectivity index is 1.78. The minimum Gasteiger partial charge on any atom is -0.493 e. The van der Waals surface area contributed by atoms with E-state index in [0.717, 1.165) is 36.4 Å². The fourth-order valence-corrected chi connectivity index (χ4v) is 3.54. The molecule has 10 heteroatoms. The largest absolute Gasteiger partial charge is 0.493 e. The number of rotatable bonds is 7. The van der Waals surface area contributed by atoms with Crippen molar-refractivity contribution in [3.63, 3.8) is 0 Å². The number of anilines is 1. The summed E-state index contributed by atoms with van der Waals surface area (Å²) in [6, 6.07) is 4.56. The SMILES string of the molecule is COc1ccc(NC(=O)C[C@@](O)(c2nccn2C)C(F)(F)F)cc1OC1CCCC1. The van der Waals surface area contributed by atoms with Gasteiger partial charge < -0.3 is 24.5 Å². The van der Waals surface area contributed by atoms with Gasteiger partial charge in [-0.25, -0.2) is 4.98 Å². The number of carbonyl (C=O) groups is 1. The molecule has 2 aromatic rings. The molecule has 1 aliphatic carbocycles. The molecule has 1 fully saturated rings. The minimum atomic E-state index is -5.10. The van der Waals surface area contributed by atoms with Crippen molar-refractivity contribution in [2.24, 2.45) is 7.05 Å². The van der Waals surface area contributed by atoms with Crippen molar-refractivity contribution in [1.82, 2.24) is 9.55 Å². The minimum absolute atomic E-state index is 0.0311. The third-order valence-corrected chi connectivity index (χ3v) is 5.12. The molecule has 1 saturated carbocycles. The van der Waals surface area contributed by atoms with Crippen molar-refractivity contribution in [3.8, 4) is 11.5 Å². The monoisotopic (exact) mass is 427 g/mol. The van der Waals surface area contributed by atoms with Crippen LogP contribution in [0.2, 0.25) is 0 Å². The molecule has 1 amide bonds. The highest BCUT2D eigenvalue weighted by molar-refractivity contribution is 5.91. The molecule has 0 aliphatic heterocycles. The van der Waals surface area contributed by atoms with E-state index in [0.29, 0.717) is 11.5 Å². The van der Waals surface area contributed by atoms with Crippen LogP contribution < -0.4 is 14.8 Å². The highest BCUT2D eigenvalue weighted by atomic mass is 19.4. The Bertz CT molecular complexity index is 894. The predicted octanol–water partition coefficient (Wildman–Crippen LogP) is 3.53. The molecule has 164 valence electrons. The van der Waals surface area contributed by atoms with E-state index in [1.807, 2.05) is 0 Å². The number of imidazole rings is 1. The number of hydrogen-bond donors (Lipinski definition) is 2. The first kappa shape index (κ1) is 21.9. The first-order valence-corrected chi connectivity index (χ1v) is 9.55. The molecule has 0 unspecified atom stereocenters. The van der Waals surface area contributed by atoms with Gasteiger partial charge in [0.25, 0.3) is 0 Å². The molecule has 1 aromatic heterocycles. The van der Waals surface area contributed by atoms with Crippen molar-refractivity contribution in [2.45, 2.75) is 50.0 Å². The van der Waals surface area contributed by atoms with Crippen LogP contribution in [0, 0.1) is 0 Å². The van der Waals surface area contributed by atoms with Crippen LogP contribution in [0.5, 0.6) is 11.5 Å². The molecule has 0 spiro atoms. The number of benzene rings is 1. The lowest BCUT2D eigenvalue weighted by atomic mass is 9.97. The fraction of sp³-hybridized carbons (Fsp3) is 0.500. The number of carbonyl (C=O) groups excluding carboxylic acids is 1. The van der Waals surface area contributed by atoms with Crippen LogP contribution in [-0.2, 0) is 17.4 Å². The molecule has 30 heavy (non-hydrogen) atoms. The summed E-state index contributed by atoms with van der Waals surface area (Å²) in [4.78, 5) is 16.0. The van der Waals surface area contributed by atoms with E-state index < -0.39 is 29.9 Å². The second-order valence-corrected chi connectivity index (χ2v) is 7.33. The van der Waals surface area contributed by atoms with Crippen LogP contribution in [-0.4, -0.2) is 40.0 Å². The number of aryl methyl sites for hydroxylation is 1. The van der Waals surface area contributed by atoms with Gasteiger partial charge in [0, 0.05) is 31.2 Å². The standard InChI is InChI=1S/C20H24F3N3O4/c1-26-10-9-24-18(26)19(28,20(21,22)23)12-17(27)25-13-7-8-15(29-2)16(11-13)30-14-5-3-4-6-14/h7-11,14,28H,3-6,12H2,1-2H3,(H,25,27)/t19-/m1/s1. The van der Waals surface area contributed by atoms with Gasteiger partial charge in [0.15, 0.2) is 17.3 Å². The van der Waals surface area contributed by atoms with Crippen LogP contribution in [0.25, 0.3) is 0 Å². The molecule has 7 nitrogen and oxygen atoms in total. The van der Waals surface area contributed by atoms with Crippen LogP contribution in [0.3, 0.4) is 0 Å². The molecule has 0 radical (unpaired) electrons. The number of alkyl halides is 3. The Labute approximate surface area is 171 Å². The number of aromatic nitrogens is 2. The molecule has 0 saturated heterocycles. The summed E-state index contributed by atoms with van der Waals surface area (Å²) in [5.74, 6) is -0.822. The Morgan fingerprint density at radius 3 is 2.57 bits per heavy atom. The van der Waals surface area contributed by atoms with Crippen molar-refractivity contribution < 1.29 is 32.5 Å². The molecule has 1 aromatic carbocycles. The summed E-state index contributed by atoms with van der Waals surface area (Å²) >= 11 is 0.